The molecule has 82 heavy (non-hydrogen) atoms. The van der Waals surface area contributed by atoms with Crippen molar-refractivity contribution in [2.24, 2.45) is 33.9 Å². The molecule has 4 aromatic rings. The molecule has 5 unspecified atom stereocenters. The fourth-order valence-electron chi connectivity index (χ4n) is 14.1. The Balaban J connectivity index is 0.000000155. The number of nitrogens with zero attached hydrogens (tertiary/aromatic N) is 9. The van der Waals surface area contributed by atoms with Crippen LogP contribution in [0.2, 0.25) is 0 Å². The van der Waals surface area contributed by atoms with E-state index >= 15 is 4.39 Å². The van der Waals surface area contributed by atoms with E-state index in [4.69, 9.17) is 15.9 Å². The number of rotatable bonds is 14. The second-order valence-electron chi connectivity index (χ2n) is 23.3. The molecule has 0 radical (unpaired) electrons. The zero-order valence-corrected chi connectivity index (χ0v) is 47.8. The van der Waals surface area contributed by atoms with Gasteiger partial charge in [0.05, 0.1) is 28.8 Å². The van der Waals surface area contributed by atoms with Crippen molar-refractivity contribution in [2.45, 2.75) is 127 Å². The number of para-hydroxylation sites is 1. The quantitative estimate of drug-likeness (QED) is 0.0558. The number of allylic oxidation sites excluding steroid dienone is 2. The summed E-state index contributed by atoms with van der Waals surface area (Å²) in [6, 6.07) is 15.8. The number of carbonyl (C=O) groups is 3. The first-order valence-corrected chi connectivity index (χ1v) is 29.5. The molecule has 2 N–H and O–H groups in total. The van der Waals surface area contributed by atoms with Crippen LogP contribution in [0.3, 0.4) is 0 Å². The number of likely N-dealkylation sites (tertiary alicyclic amines) is 3. The van der Waals surface area contributed by atoms with Crippen molar-refractivity contribution >= 4 is 64.4 Å². The predicted molar refractivity (Wildman–Crippen MR) is 317 cm³/mol. The number of halogens is 2. The van der Waals surface area contributed by atoms with E-state index < -0.39 is 23.6 Å². The summed E-state index contributed by atoms with van der Waals surface area (Å²) >= 11 is 0. The van der Waals surface area contributed by atoms with E-state index in [0.29, 0.717) is 46.2 Å². The van der Waals surface area contributed by atoms with Crippen LogP contribution in [-0.2, 0) is 37.4 Å². The molecule has 0 saturated carbocycles. The number of methoxy groups -OCH3 is 2. The molecule has 1 aromatic heterocycles. The van der Waals surface area contributed by atoms with E-state index in [2.05, 4.69) is 59.0 Å². The molecule has 7 fully saturated rings. The van der Waals surface area contributed by atoms with Crippen molar-refractivity contribution in [1.82, 2.24) is 39.4 Å². The maximum atomic E-state index is 16.2. The van der Waals surface area contributed by atoms with Crippen LogP contribution in [0, 0.1) is 30.0 Å². The molecule has 5 atom stereocenters. The Morgan fingerprint density at radius 2 is 1.61 bits per heavy atom. The largest absolute Gasteiger partial charge is 0.383 e. The van der Waals surface area contributed by atoms with E-state index in [-0.39, 0.29) is 41.7 Å². The number of amides is 3. The summed E-state index contributed by atoms with van der Waals surface area (Å²) in [6.07, 6.45) is 23.7. The van der Waals surface area contributed by atoms with E-state index in [1.165, 1.54) is 71.1 Å². The minimum Gasteiger partial charge on any atom is -0.383 e. The van der Waals surface area contributed by atoms with Crippen LogP contribution < -0.4 is 16.3 Å². The third-order valence-corrected chi connectivity index (χ3v) is 18.3. The lowest BCUT2D eigenvalue weighted by Crippen LogP contribution is -2.50. The molecule has 17 nitrogen and oxygen atoms in total. The number of imide groups is 1. The van der Waals surface area contributed by atoms with Crippen LogP contribution >= 0.6 is 0 Å². The number of piperazine rings is 1. The Hall–Kier alpha value is -6.69. The molecule has 3 amide bonds. The minimum atomic E-state index is -0.657. The van der Waals surface area contributed by atoms with E-state index in [0.717, 1.165) is 125 Å². The van der Waals surface area contributed by atoms with Crippen molar-refractivity contribution in [3.63, 3.8) is 0 Å². The lowest BCUT2D eigenvalue weighted by molar-refractivity contribution is -0.135. The number of nitrogens with one attached hydrogen (secondary N) is 2. The van der Waals surface area contributed by atoms with Gasteiger partial charge >= 0.3 is 5.69 Å². The minimum absolute atomic E-state index is 0.0279. The molecule has 0 aliphatic carbocycles. The van der Waals surface area contributed by atoms with Gasteiger partial charge in [-0.3, -0.25) is 48.6 Å². The van der Waals surface area contributed by atoms with E-state index in [1.807, 2.05) is 24.1 Å². The first-order chi connectivity index (χ1) is 39.9. The van der Waals surface area contributed by atoms with Gasteiger partial charge in [-0.2, -0.15) is 0 Å². The van der Waals surface area contributed by atoms with Crippen molar-refractivity contribution in [1.29, 1.82) is 0 Å². The fraction of sp³-hybridized carbons (Fsp3) is 0.540. The Morgan fingerprint density at radius 3 is 2.29 bits per heavy atom. The molecule has 12 rings (SSSR count). The first kappa shape index (κ1) is 58.5. The average Bonchev–Trinajstić information content (AvgIpc) is 4.35. The van der Waals surface area contributed by atoms with Crippen LogP contribution in [0.25, 0.3) is 27.5 Å². The molecule has 8 aliphatic rings. The van der Waals surface area contributed by atoms with Gasteiger partial charge in [-0.1, -0.05) is 55.2 Å². The monoisotopic (exact) mass is 1120 g/mol. The number of ether oxygens (including phenoxy) is 2. The highest BCUT2D eigenvalue weighted by atomic mass is 19.1. The number of piperidine rings is 3. The molecule has 2 bridgehead atoms. The van der Waals surface area contributed by atoms with E-state index in [1.54, 1.807) is 46.7 Å². The van der Waals surface area contributed by atoms with Crippen LogP contribution in [-0.4, -0.2) is 163 Å². The normalized spacial score (nSPS) is 25.5. The number of aromatic nitrogens is 2. The molecule has 3 aromatic carbocycles. The highest BCUT2D eigenvalue weighted by Crippen LogP contribution is 2.38. The molecular weight excluding hydrogens is 1040 g/mol. The van der Waals surface area contributed by atoms with Crippen LogP contribution in [0.15, 0.2) is 85.5 Å². The van der Waals surface area contributed by atoms with Gasteiger partial charge < -0.3 is 24.6 Å². The maximum absolute atomic E-state index is 16.2. The van der Waals surface area contributed by atoms with Crippen LogP contribution in [0.4, 0.5) is 8.78 Å². The number of aryl methyl sites for hydroxylation is 1. The smallest absolute Gasteiger partial charge is 0.329 e. The summed E-state index contributed by atoms with van der Waals surface area (Å²) in [5, 5.41) is 7.07. The second-order valence-corrected chi connectivity index (χ2v) is 23.3. The number of fused-ring (bicyclic) bond motifs is 5. The number of carbonyl (C=O) groups excluding carboxylic acids is 3. The van der Waals surface area contributed by atoms with Gasteiger partial charge in [-0.25, -0.2) is 18.6 Å². The third-order valence-electron chi connectivity index (χ3n) is 18.3. The Morgan fingerprint density at radius 1 is 0.878 bits per heavy atom. The van der Waals surface area contributed by atoms with Crippen molar-refractivity contribution in [3.8, 4) is 12.3 Å². The van der Waals surface area contributed by atoms with Gasteiger partial charge in [-0.05, 0) is 132 Å². The van der Waals surface area contributed by atoms with Crippen molar-refractivity contribution < 1.29 is 32.6 Å². The Bertz CT molecular complexity index is 3240. The topological polar surface area (TPSA) is 171 Å². The molecule has 8 aliphatic heterocycles. The summed E-state index contributed by atoms with van der Waals surface area (Å²) < 4.78 is 44.2. The van der Waals surface area contributed by atoms with E-state index in [9.17, 15) is 23.6 Å². The molecule has 19 heteroatoms. The third kappa shape index (κ3) is 12.6. The number of aliphatic imine (C=N–C) groups is 3. The number of benzene rings is 3. The first-order valence-electron chi connectivity index (χ1n) is 29.5. The maximum Gasteiger partial charge on any atom is 0.329 e. The highest BCUT2D eigenvalue weighted by Gasteiger charge is 2.38. The lowest BCUT2D eigenvalue weighted by Gasteiger charge is -2.35. The van der Waals surface area contributed by atoms with Gasteiger partial charge in [0.2, 0.25) is 18.2 Å². The van der Waals surface area contributed by atoms with Gasteiger partial charge in [0.25, 0.3) is 0 Å². The Labute approximate surface area is 479 Å². The lowest BCUT2D eigenvalue weighted by atomic mass is 9.85. The predicted octanol–water partition coefficient (Wildman–Crippen LogP) is 7.51. The standard InChI is InChI=1S/C27H25F2N5O.C27H37N5O4.C9H17NO/c1-4-19-22(28)11-8-16-6-5-7-20(23(16)19)25-24(29)26(32-15-35-3)21(12-31-25)27(30-2)34-13-17-9-10-18(14-34)33-17;1-29-25-21(3-2-4-22(25)32(27(29)36)23-7-8-24(34)28-26(23)35)17-30-13-9-19(10-14-30)5-6-20-11-15-31(18-33)16-12-20;1-11-7-9-5-4-8-3-2-6-10(8)9/h1,5-8,11-12,17-18,33H,2,9-10,13-15H2,3H3;2-4,18-20,23H,5-17H2,1H3,(H,28,34,35);8-9H,2-7H2,1H3/b27-21+,32-26+;;. The zero-order chi connectivity index (χ0) is 57.4. The molecule has 0 spiro atoms. The summed E-state index contributed by atoms with van der Waals surface area (Å²) in [5.74, 6) is 2.57. The molecule has 436 valence electrons. The zero-order valence-electron chi connectivity index (χ0n) is 47.8. The average molecular weight is 1120 g/mol. The fourth-order valence-corrected chi connectivity index (χ4v) is 14.1. The van der Waals surface area contributed by atoms with Gasteiger partial charge in [0.1, 0.15) is 35.8 Å². The van der Waals surface area contributed by atoms with Crippen molar-refractivity contribution in [3.05, 3.63) is 98.7 Å². The number of hydrogen-bond acceptors (Lipinski definition) is 13. The number of imidazole rings is 1. The van der Waals surface area contributed by atoms with Gasteiger partial charge in [-0.15, -0.1) is 6.42 Å². The van der Waals surface area contributed by atoms with Crippen molar-refractivity contribution in [2.75, 3.05) is 73.4 Å². The summed E-state index contributed by atoms with van der Waals surface area (Å²) in [7, 11) is 5.06. The summed E-state index contributed by atoms with van der Waals surface area (Å²) in [4.78, 5) is 70.4. The second kappa shape index (κ2) is 26.7. The SMILES string of the molecule is C#Cc1c(F)ccc2cccc(C3=C(F)C(=N/COC)/C(=C(\N=C)N4CC5CCC(C4)N5)C=N3)c12.COCC1CCC2CCCN21.Cn1c(=O)n(C2CCC(=O)NC2=O)c2cccc(CN3CCC(CCC4CCN(C=O)CC4)CC3)c21. The number of hydrogen-bond donors (Lipinski definition) is 2. The summed E-state index contributed by atoms with van der Waals surface area (Å²) in [6.45, 7) is 12.1. The number of terminal acetylenes is 1. The van der Waals surface area contributed by atoms with Crippen LogP contribution in [0.5, 0.6) is 0 Å². The highest BCUT2D eigenvalue weighted by molar-refractivity contribution is 6.29. The summed E-state index contributed by atoms with van der Waals surface area (Å²) in [5.41, 5.74) is 3.49. The molecule has 7 saturated heterocycles. The van der Waals surface area contributed by atoms with Gasteiger partial charge in [0, 0.05) is 102 Å². The molecule has 9 heterocycles. The van der Waals surface area contributed by atoms with Gasteiger partial charge in [0.15, 0.2) is 5.83 Å². The van der Waals surface area contributed by atoms with Crippen LogP contribution in [0.1, 0.15) is 113 Å². The Kier molecular flexibility index (Phi) is 19.0. The molecular formula is C63H79F2N11O6.